The van der Waals surface area contributed by atoms with Crippen LogP contribution in [0.25, 0.3) is 0 Å². The van der Waals surface area contributed by atoms with Crippen molar-refractivity contribution in [2.45, 2.75) is 38.7 Å². The Kier molecular flexibility index (Phi) is 5.27. The second kappa shape index (κ2) is 7.71. The summed E-state index contributed by atoms with van der Waals surface area (Å²) in [6, 6.07) is 3.15. The molecular weight excluding hydrogens is 464 g/mol. The van der Waals surface area contributed by atoms with Crippen molar-refractivity contribution in [3.8, 4) is 5.75 Å². The van der Waals surface area contributed by atoms with Crippen molar-refractivity contribution in [1.82, 2.24) is 0 Å². The van der Waals surface area contributed by atoms with Crippen LogP contribution in [0.15, 0.2) is 12.1 Å². The summed E-state index contributed by atoms with van der Waals surface area (Å²) in [6.45, 7) is 3.94. The van der Waals surface area contributed by atoms with Crippen molar-refractivity contribution < 1.29 is 33.8 Å². The number of carbonyl (C=O) groups excluding carboxylic acids is 5. The van der Waals surface area contributed by atoms with Gasteiger partial charge in [-0.05, 0) is 54.2 Å². The molecule has 0 bridgehead atoms. The number of nitrogens with two attached hydrogens (primary N) is 1. The zero-order valence-corrected chi connectivity index (χ0v) is 21.2. The highest BCUT2D eigenvalue weighted by molar-refractivity contribution is 6.32. The molecule has 1 aromatic carbocycles. The molecule has 36 heavy (non-hydrogen) atoms. The molecule has 3 N–H and O–H groups in total. The highest BCUT2D eigenvalue weighted by Crippen LogP contribution is 2.65. The van der Waals surface area contributed by atoms with Crippen LogP contribution in [0.1, 0.15) is 42.6 Å². The summed E-state index contributed by atoms with van der Waals surface area (Å²) in [6.07, 6.45) is 1.27. The summed E-state index contributed by atoms with van der Waals surface area (Å²) in [4.78, 5) is 69.6. The van der Waals surface area contributed by atoms with Crippen LogP contribution in [0.4, 0.5) is 5.69 Å². The van der Waals surface area contributed by atoms with Crippen LogP contribution >= 0.6 is 0 Å². The van der Waals surface area contributed by atoms with Gasteiger partial charge in [0.2, 0.25) is 5.91 Å². The molecule has 4 aliphatic carbocycles. The maximum atomic E-state index is 14.2. The maximum absolute atomic E-state index is 14.2. The SMILES string of the molecule is COC12C(=O)C(C(N)=O)C(=O)C(C3(C)CC3C)C1CC1Cc3c(N(C)C)ccc(O)c3C(=O)C1C2=O. The van der Waals surface area contributed by atoms with E-state index in [0.717, 1.165) is 5.69 Å². The summed E-state index contributed by atoms with van der Waals surface area (Å²) in [7, 11) is 4.88. The van der Waals surface area contributed by atoms with Crippen LogP contribution < -0.4 is 10.6 Å². The van der Waals surface area contributed by atoms with Crippen LogP contribution in [0, 0.1) is 40.9 Å². The Morgan fingerprint density at radius 3 is 2.33 bits per heavy atom. The third-order valence-corrected chi connectivity index (χ3v) is 9.59. The summed E-state index contributed by atoms with van der Waals surface area (Å²) >= 11 is 0. The maximum Gasteiger partial charge on any atom is 0.235 e. The second-order valence-electron chi connectivity index (χ2n) is 11.5. The number of aromatic hydroxyl groups is 1. The number of hydrogen-bond donors (Lipinski definition) is 2. The lowest BCUT2D eigenvalue weighted by atomic mass is 9.49. The van der Waals surface area contributed by atoms with E-state index in [-0.39, 0.29) is 23.7 Å². The third kappa shape index (κ3) is 2.89. The lowest BCUT2D eigenvalue weighted by Crippen LogP contribution is -2.72. The molecule has 0 spiro atoms. The van der Waals surface area contributed by atoms with E-state index in [2.05, 4.69) is 0 Å². The van der Waals surface area contributed by atoms with Crippen molar-refractivity contribution in [3.05, 3.63) is 23.3 Å². The number of phenolic OH excluding ortho intramolecular Hbond substituents is 1. The van der Waals surface area contributed by atoms with Gasteiger partial charge in [0.05, 0.1) is 11.5 Å². The molecule has 8 unspecified atom stereocenters. The number of nitrogens with zero attached hydrogens (tertiary/aromatic N) is 1. The minimum Gasteiger partial charge on any atom is -0.507 e. The van der Waals surface area contributed by atoms with Crippen molar-refractivity contribution in [3.63, 3.8) is 0 Å². The van der Waals surface area contributed by atoms with Crippen LogP contribution in [-0.2, 0) is 30.3 Å². The fourth-order valence-corrected chi connectivity index (χ4v) is 7.57. The molecule has 192 valence electrons. The Balaban J connectivity index is 1.70. The van der Waals surface area contributed by atoms with E-state index >= 15 is 0 Å². The van der Waals surface area contributed by atoms with Gasteiger partial charge in [0.15, 0.2) is 34.7 Å². The van der Waals surface area contributed by atoms with Gasteiger partial charge in [-0.3, -0.25) is 24.0 Å². The average molecular weight is 497 g/mol. The molecule has 1 aromatic rings. The van der Waals surface area contributed by atoms with Crippen molar-refractivity contribution in [2.75, 3.05) is 26.1 Å². The molecule has 9 nitrogen and oxygen atoms in total. The van der Waals surface area contributed by atoms with E-state index in [0.29, 0.717) is 18.4 Å². The number of carbonyl (C=O) groups is 5. The van der Waals surface area contributed by atoms with Gasteiger partial charge in [0.1, 0.15) is 5.75 Å². The normalized spacial score (nSPS) is 39.2. The van der Waals surface area contributed by atoms with Gasteiger partial charge >= 0.3 is 0 Å². The fraction of sp³-hybridized carbons (Fsp3) is 0.593. The quantitative estimate of drug-likeness (QED) is 0.594. The predicted octanol–water partition coefficient (Wildman–Crippen LogP) is 1.32. The number of fused-ring (bicyclic) bond motifs is 3. The lowest BCUT2D eigenvalue weighted by molar-refractivity contribution is -0.188. The fourth-order valence-electron chi connectivity index (χ4n) is 7.57. The average Bonchev–Trinajstić information content (AvgIpc) is 3.39. The lowest BCUT2D eigenvalue weighted by Gasteiger charge is -2.54. The number of rotatable bonds is 4. The van der Waals surface area contributed by atoms with Crippen molar-refractivity contribution in [2.24, 2.45) is 46.7 Å². The second-order valence-corrected chi connectivity index (χ2v) is 11.5. The number of ether oxygens (including phenoxy) is 1. The number of Topliss-reactive ketones (excluding diaryl/α,β-unsaturated/α-hetero) is 4. The predicted molar refractivity (Wildman–Crippen MR) is 128 cm³/mol. The number of amides is 1. The largest absolute Gasteiger partial charge is 0.507 e. The van der Waals surface area contributed by atoms with E-state index in [1.807, 2.05) is 32.8 Å². The molecule has 4 aliphatic rings. The summed E-state index contributed by atoms with van der Waals surface area (Å²) in [5.74, 6) is -9.07. The number of hydrogen-bond acceptors (Lipinski definition) is 8. The minimum atomic E-state index is -2.12. The number of primary amides is 1. The van der Waals surface area contributed by atoms with Gasteiger partial charge in [-0.15, -0.1) is 0 Å². The van der Waals surface area contributed by atoms with E-state index < -0.39 is 69.6 Å². The van der Waals surface area contributed by atoms with Gasteiger partial charge in [-0.1, -0.05) is 13.8 Å². The molecule has 9 heteroatoms. The van der Waals surface area contributed by atoms with Crippen LogP contribution in [0.3, 0.4) is 0 Å². The van der Waals surface area contributed by atoms with Crippen molar-refractivity contribution in [1.29, 1.82) is 0 Å². The molecule has 5 rings (SSSR count). The van der Waals surface area contributed by atoms with E-state index in [1.54, 1.807) is 6.07 Å². The number of methoxy groups -OCH3 is 1. The Morgan fingerprint density at radius 2 is 1.81 bits per heavy atom. The third-order valence-electron chi connectivity index (χ3n) is 9.59. The Labute approximate surface area is 209 Å². The van der Waals surface area contributed by atoms with Crippen LogP contribution in [-0.4, -0.2) is 61.0 Å². The van der Waals surface area contributed by atoms with E-state index in [9.17, 15) is 29.1 Å². The van der Waals surface area contributed by atoms with Crippen LogP contribution in [0.2, 0.25) is 0 Å². The monoisotopic (exact) mass is 496 g/mol. The standard InChI is InChI=1S/C27H32N2O7/c1-11-10-26(11,2)20-14-9-12-8-13-15(29(3)4)6-7-16(30)18(13)21(31)17(12)23(33)27(14,36-5)24(34)19(22(20)32)25(28)35/h6-7,11-12,14,17,19-20,30H,8-10H2,1-5H3,(H2,28,35). The van der Waals surface area contributed by atoms with Crippen LogP contribution in [0.5, 0.6) is 5.75 Å². The molecule has 0 aliphatic heterocycles. The van der Waals surface area contributed by atoms with Gasteiger partial charge in [0.25, 0.3) is 0 Å². The molecule has 3 saturated carbocycles. The molecule has 3 fully saturated rings. The smallest absolute Gasteiger partial charge is 0.235 e. The Morgan fingerprint density at radius 1 is 1.17 bits per heavy atom. The number of phenols is 1. The summed E-state index contributed by atoms with van der Waals surface area (Å²) < 4.78 is 5.72. The Hall–Kier alpha value is -3.07. The zero-order chi connectivity index (χ0) is 26.5. The van der Waals surface area contributed by atoms with Gasteiger partial charge in [-0.25, -0.2) is 0 Å². The molecule has 0 heterocycles. The highest BCUT2D eigenvalue weighted by atomic mass is 16.5. The first kappa shape index (κ1) is 24.6. The first-order chi connectivity index (χ1) is 16.8. The first-order valence-corrected chi connectivity index (χ1v) is 12.4. The molecule has 8 atom stereocenters. The number of anilines is 1. The topological polar surface area (TPSA) is 144 Å². The van der Waals surface area contributed by atoms with Crippen molar-refractivity contribution >= 4 is 34.7 Å². The van der Waals surface area contributed by atoms with Gasteiger partial charge in [-0.2, -0.15) is 0 Å². The molecule has 0 saturated heterocycles. The van der Waals surface area contributed by atoms with Gasteiger partial charge < -0.3 is 20.5 Å². The first-order valence-electron chi connectivity index (χ1n) is 12.4. The number of benzene rings is 1. The molecule has 1 amide bonds. The minimum absolute atomic E-state index is 0.0746. The zero-order valence-electron chi connectivity index (χ0n) is 21.2. The summed E-state index contributed by atoms with van der Waals surface area (Å²) in [5, 5.41) is 10.6. The van der Waals surface area contributed by atoms with E-state index in [1.165, 1.54) is 13.2 Å². The number of ketones is 4. The molecular formula is C27H32N2O7. The summed E-state index contributed by atoms with van der Waals surface area (Å²) in [5.41, 5.74) is 4.38. The van der Waals surface area contributed by atoms with Gasteiger partial charge in [0, 0.05) is 38.7 Å². The Bertz CT molecular complexity index is 1240. The molecule has 0 radical (unpaired) electrons. The highest BCUT2D eigenvalue weighted by Gasteiger charge is 2.74. The van der Waals surface area contributed by atoms with E-state index in [4.69, 9.17) is 10.5 Å². The molecule has 0 aromatic heterocycles.